The largest absolute Gasteiger partial charge is 0.493 e. The highest BCUT2D eigenvalue weighted by Gasteiger charge is 2.47. The lowest BCUT2D eigenvalue weighted by atomic mass is 9.76. The van der Waals surface area contributed by atoms with Crippen molar-refractivity contribution in [1.82, 2.24) is 19.4 Å². The standard InChI is InChI=1S/C45H55FN4O7/c1-7-8-9-10-36-29-47-42(50(36)31-32-11-14-35(46)15-12-32)45(52)19-22-48(23-20-45)21-17-44(28-33-13-16-37(53-2)38(25-33)54-3)18-24-49(43(44)51)30-34-26-39(55-4)41(57-6)40(27-34)56-5/h7-16,25-27,29,52H,17-24,28,30-31H2,1-6H3/b8-7-,10-9-. The quantitative estimate of drug-likeness (QED) is 0.113. The number of rotatable bonds is 17. The normalized spacial score (nSPS) is 18.5. The van der Waals surface area contributed by atoms with Crippen molar-refractivity contribution in [2.24, 2.45) is 5.41 Å². The van der Waals surface area contributed by atoms with E-state index in [2.05, 4.69) is 4.90 Å². The molecule has 3 aromatic carbocycles. The summed E-state index contributed by atoms with van der Waals surface area (Å²) >= 11 is 0. The maximum absolute atomic E-state index is 14.7. The fourth-order valence-electron chi connectivity index (χ4n) is 8.20. The number of benzene rings is 3. The van der Waals surface area contributed by atoms with Crippen LogP contribution < -0.4 is 23.7 Å². The van der Waals surface area contributed by atoms with Crippen molar-refractivity contribution in [3.8, 4) is 28.7 Å². The first-order valence-corrected chi connectivity index (χ1v) is 19.4. The molecule has 12 heteroatoms. The lowest BCUT2D eigenvalue weighted by Gasteiger charge is -2.39. The second kappa shape index (κ2) is 18.3. The molecule has 2 aliphatic heterocycles. The highest BCUT2D eigenvalue weighted by Crippen LogP contribution is 2.44. The van der Waals surface area contributed by atoms with E-state index in [0.29, 0.717) is 106 Å². The number of allylic oxidation sites excluding steroid dienone is 3. The summed E-state index contributed by atoms with van der Waals surface area (Å²) in [5.74, 6) is 3.26. The number of halogens is 1. The van der Waals surface area contributed by atoms with Gasteiger partial charge in [-0.3, -0.25) is 4.79 Å². The number of ether oxygens (including phenoxy) is 5. The summed E-state index contributed by atoms with van der Waals surface area (Å²) in [7, 11) is 7.97. The van der Waals surface area contributed by atoms with E-state index in [-0.39, 0.29) is 11.7 Å². The van der Waals surface area contributed by atoms with Gasteiger partial charge in [0.1, 0.15) is 17.2 Å². The van der Waals surface area contributed by atoms with Gasteiger partial charge in [-0.05, 0) is 105 Å². The number of carbonyl (C=O) groups excluding carboxylic acids is 1. The molecule has 0 bridgehead atoms. The van der Waals surface area contributed by atoms with E-state index in [1.807, 2.05) is 71.0 Å². The predicted octanol–water partition coefficient (Wildman–Crippen LogP) is 7.04. The van der Waals surface area contributed by atoms with Gasteiger partial charge in [0.25, 0.3) is 0 Å². The Morgan fingerprint density at radius 3 is 2.05 bits per heavy atom. The molecule has 1 atom stereocenters. The van der Waals surface area contributed by atoms with Crippen molar-refractivity contribution in [2.75, 3.05) is 61.7 Å². The zero-order valence-electron chi connectivity index (χ0n) is 33.9. The lowest BCUT2D eigenvalue weighted by Crippen LogP contribution is -2.46. The number of imidazole rings is 1. The van der Waals surface area contributed by atoms with Crippen LogP contribution in [0.25, 0.3) is 6.08 Å². The number of methoxy groups -OCH3 is 5. The SMILES string of the molecule is C/C=C\C=C/c1cnc(C2(O)CCN(CCC3(Cc4ccc(OC)c(OC)c4)CCN(Cc4cc(OC)c(OC)c(OC)c4)C3=O)CC2)n1Cc1ccc(F)cc1. The lowest BCUT2D eigenvalue weighted by molar-refractivity contribution is -0.137. The molecule has 2 saturated heterocycles. The Kier molecular flexibility index (Phi) is 13.3. The van der Waals surface area contributed by atoms with Crippen LogP contribution in [0, 0.1) is 11.2 Å². The molecule has 0 saturated carbocycles. The van der Waals surface area contributed by atoms with Gasteiger partial charge < -0.3 is 43.2 Å². The number of hydrogen-bond acceptors (Lipinski definition) is 9. The molecular weight excluding hydrogens is 728 g/mol. The third kappa shape index (κ3) is 9.13. The van der Waals surface area contributed by atoms with Crippen molar-refractivity contribution in [2.45, 2.75) is 57.7 Å². The molecule has 0 spiro atoms. The van der Waals surface area contributed by atoms with Crippen molar-refractivity contribution >= 4 is 12.0 Å². The average molecular weight is 783 g/mol. The molecule has 1 aromatic heterocycles. The first-order chi connectivity index (χ1) is 27.6. The molecule has 6 rings (SSSR count). The van der Waals surface area contributed by atoms with Crippen LogP contribution in [0.5, 0.6) is 28.7 Å². The van der Waals surface area contributed by atoms with Crippen LogP contribution in [0.1, 0.15) is 60.8 Å². The molecule has 2 aliphatic rings. The van der Waals surface area contributed by atoms with E-state index in [4.69, 9.17) is 28.7 Å². The minimum atomic E-state index is -1.15. The summed E-state index contributed by atoms with van der Waals surface area (Å²) in [5.41, 5.74) is 1.84. The number of aromatic nitrogens is 2. The third-order valence-electron chi connectivity index (χ3n) is 11.4. The van der Waals surface area contributed by atoms with Gasteiger partial charge in [-0.1, -0.05) is 36.4 Å². The molecule has 3 heterocycles. The van der Waals surface area contributed by atoms with Crippen LogP contribution in [0.2, 0.25) is 0 Å². The molecule has 57 heavy (non-hydrogen) atoms. The maximum Gasteiger partial charge on any atom is 0.229 e. The van der Waals surface area contributed by atoms with E-state index in [9.17, 15) is 14.3 Å². The van der Waals surface area contributed by atoms with Crippen LogP contribution in [0.15, 0.2) is 79.0 Å². The second-order valence-corrected chi connectivity index (χ2v) is 14.9. The van der Waals surface area contributed by atoms with Crippen LogP contribution in [0.3, 0.4) is 0 Å². The summed E-state index contributed by atoms with van der Waals surface area (Å²) in [6.07, 6.45) is 12.4. The van der Waals surface area contributed by atoms with Gasteiger partial charge in [-0.2, -0.15) is 0 Å². The number of nitrogens with zero attached hydrogens (tertiary/aromatic N) is 4. The highest BCUT2D eigenvalue weighted by molar-refractivity contribution is 5.85. The third-order valence-corrected chi connectivity index (χ3v) is 11.4. The maximum atomic E-state index is 14.7. The van der Waals surface area contributed by atoms with Crippen molar-refractivity contribution in [3.63, 3.8) is 0 Å². The van der Waals surface area contributed by atoms with Crippen molar-refractivity contribution < 1.29 is 38.0 Å². The Labute approximate surface area is 335 Å². The number of carbonyl (C=O) groups is 1. The molecule has 0 aliphatic carbocycles. The van der Waals surface area contributed by atoms with Crippen LogP contribution >= 0.6 is 0 Å². The Morgan fingerprint density at radius 2 is 1.42 bits per heavy atom. The fraction of sp³-hybridized carbons (Fsp3) is 0.422. The zero-order valence-corrected chi connectivity index (χ0v) is 33.9. The average Bonchev–Trinajstić information content (AvgIpc) is 3.77. The zero-order chi connectivity index (χ0) is 40.6. The monoisotopic (exact) mass is 782 g/mol. The van der Waals surface area contributed by atoms with Gasteiger partial charge in [0.05, 0.1) is 52.9 Å². The summed E-state index contributed by atoms with van der Waals surface area (Å²) in [6, 6.07) is 16.1. The van der Waals surface area contributed by atoms with Gasteiger partial charge in [0, 0.05) is 32.7 Å². The van der Waals surface area contributed by atoms with Gasteiger partial charge >= 0.3 is 0 Å². The molecule has 4 aromatic rings. The molecular formula is C45H55FN4O7. The van der Waals surface area contributed by atoms with Crippen molar-refractivity contribution in [3.05, 3.63) is 113 Å². The molecule has 304 valence electrons. The minimum absolute atomic E-state index is 0.0980. The van der Waals surface area contributed by atoms with Crippen LogP contribution in [-0.2, 0) is 29.9 Å². The Morgan fingerprint density at radius 1 is 0.772 bits per heavy atom. The van der Waals surface area contributed by atoms with E-state index >= 15 is 0 Å². The summed E-state index contributed by atoms with van der Waals surface area (Å²) < 4.78 is 43.6. The van der Waals surface area contributed by atoms with Crippen LogP contribution in [0.4, 0.5) is 4.39 Å². The Hall–Kier alpha value is -5.33. The van der Waals surface area contributed by atoms with Crippen molar-refractivity contribution in [1.29, 1.82) is 0 Å². The number of piperidine rings is 1. The number of likely N-dealkylation sites (tertiary alicyclic amines) is 2. The molecule has 11 nitrogen and oxygen atoms in total. The molecule has 0 radical (unpaired) electrons. The van der Waals surface area contributed by atoms with Gasteiger partial charge in [0.15, 0.2) is 23.0 Å². The Balaban J connectivity index is 1.21. The summed E-state index contributed by atoms with van der Waals surface area (Å²) in [5, 5.41) is 12.2. The second-order valence-electron chi connectivity index (χ2n) is 14.9. The van der Waals surface area contributed by atoms with Crippen LogP contribution in [-0.4, -0.2) is 92.1 Å². The summed E-state index contributed by atoms with van der Waals surface area (Å²) in [4.78, 5) is 23.7. The van der Waals surface area contributed by atoms with E-state index < -0.39 is 11.0 Å². The topological polar surface area (TPSA) is 108 Å². The number of aliphatic hydroxyl groups is 1. The smallest absolute Gasteiger partial charge is 0.229 e. The first kappa shape index (κ1) is 41.3. The van der Waals surface area contributed by atoms with Gasteiger partial charge in [0.2, 0.25) is 11.7 Å². The minimum Gasteiger partial charge on any atom is -0.493 e. The fourth-order valence-corrected chi connectivity index (χ4v) is 8.20. The number of hydrogen-bond donors (Lipinski definition) is 1. The molecule has 1 amide bonds. The highest BCUT2D eigenvalue weighted by atomic mass is 19.1. The Bertz CT molecular complexity index is 2030. The van der Waals surface area contributed by atoms with E-state index in [1.165, 1.54) is 12.1 Å². The van der Waals surface area contributed by atoms with E-state index in [0.717, 1.165) is 22.4 Å². The molecule has 1 unspecified atom stereocenters. The molecule has 2 fully saturated rings. The van der Waals surface area contributed by atoms with E-state index in [1.54, 1.807) is 53.9 Å². The molecule has 1 N–H and O–H groups in total. The number of amides is 1. The summed E-state index contributed by atoms with van der Waals surface area (Å²) in [6.45, 7) is 5.37. The van der Waals surface area contributed by atoms with Gasteiger partial charge in [-0.25, -0.2) is 9.37 Å². The predicted molar refractivity (Wildman–Crippen MR) is 218 cm³/mol. The first-order valence-electron chi connectivity index (χ1n) is 19.4. The van der Waals surface area contributed by atoms with Gasteiger partial charge in [-0.15, -0.1) is 0 Å².